The van der Waals surface area contributed by atoms with Gasteiger partial charge in [-0.15, -0.1) is 11.8 Å². The summed E-state index contributed by atoms with van der Waals surface area (Å²) in [4.78, 5) is 40.0. The normalized spacial score (nSPS) is 14.1. The Morgan fingerprint density at radius 3 is 1.92 bits per heavy atom. The van der Waals surface area contributed by atoms with Crippen LogP contribution in [0.15, 0.2) is 47.4 Å². The number of esters is 1. The molecule has 2 aromatic rings. The van der Waals surface area contributed by atoms with E-state index in [2.05, 4.69) is 5.32 Å². The van der Waals surface area contributed by atoms with Gasteiger partial charge in [0.2, 0.25) is 0 Å². The predicted molar refractivity (Wildman–Crippen MR) is 151 cm³/mol. The van der Waals surface area contributed by atoms with Crippen molar-refractivity contribution in [2.45, 2.75) is 95.7 Å². The number of hydrogen-bond acceptors (Lipinski definition) is 7. The summed E-state index contributed by atoms with van der Waals surface area (Å²) < 4.78 is 11.4. The Bertz CT molecular complexity index is 1110. The Morgan fingerprint density at radius 2 is 1.53 bits per heavy atom. The van der Waals surface area contributed by atoms with Gasteiger partial charge in [-0.05, 0) is 67.7 Å². The van der Waals surface area contributed by atoms with Crippen LogP contribution in [0.4, 0.5) is 4.79 Å². The van der Waals surface area contributed by atoms with Crippen molar-refractivity contribution in [3.05, 3.63) is 69.3 Å². The summed E-state index contributed by atoms with van der Waals surface area (Å²) in [7, 11) is 0. The highest BCUT2D eigenvalue weighted by molar-refractivity contribution is 7.98. The van der Waals surface area contributed by atoms with Gasteiger partial charge in [-0.3, -0.25) is 10.1 Å². The number of para-hydroxylation sites is 1. The zero-order valence-corrected chi connectivity index (χ0v) is 24.6. The van der Waals surface area contributed by atoms with Crippen LogP contribution in [0.3, 0.4) is 0 Å². The first-order valence-corrected chi connectivity index (χ1v) is 14.0. The van der Waals surface area contributed by atoms with Gasteiger partial charge in [0, 0.05) is 16.2 Å². The molecule has 0 spiro atoms. The smallest absolute Gasteiger partial charge is 0.408 e. The molecule has 208 valence electrons. The zero-order chi connectivity index (χ0) is 28.8. The fourth-order valence-electron chi connectivity index (χ4n) is 4.26. The highest BCUT2D eigenvalue weighted by Crippen LogP contribution is 2.39. The number of amides is 1. The molecule has 0 radical (unpaired) electrons. The number of nitrogens with one attached hydrogen (secondary N) is 1. The number of thioether (sulfide) groups is 1. The summed E-state index contributed by atoms with van der Waals surface area (Å²) in [6.45, 7) is 14.5. The van der Waals surface area contributed by atoms with Crippen molar-refractivity contribution < 1.29 is 24.0 Å². The molecule has 8 nitrogen and oxygen atoms in total. The molecule has 2 rings (SSSR count). The van der Waals surface area contributed by atoms with Crippen molar-refractivity contribution >= 4 is 23.8 Å². The standard InChI is InChI=1S/C29H40N2O6S/c1-10-29(31(34)35,26(32)36-24-22(18(2)3)12-11-13-23(24)19(4)5)25(30-27(33)37-28(6,7)8)20-14-16-21(38-9)17-15-20/h11-19,25H,10H2,1-9H3,(H,30,33)/t25-,29+/m1/s1. The minimum Gasteiger partial charge on any atom is -0.444 e. The lowest BCUT2D eigenvalue weighted by molar-refractivity contribution is -0.561. The van der Waals surface area contributed by atoms with Crippen LogP contribution in [0.1, 0.15) is 96.4 Å². The molecule has 1 N–H and O–H groups in total. The molecule has 0 unspecified atom stereocenters. The molecule has 0 bridgehead atoms. The highest BCUT2D eigenvalue weighted by Gasteiger charge is 2.59. The number of ether oxygens (including phenoxy) is 2. The summed E-state index contributed by atoms with van der Waals surface area (Å²) in [6, 6.07) is 11.2. The summed E-state index contributed by atoms with van der Waals surface area (Å²) in [6.07, 6.45) is 0.813. The molecule has 38 heavy (non-hydrogen) atoms. The summed E-state index contributed by atoms with van der Waals surface area (Å²) in [5.74, 6) is -0.693. The van der Waals surface area contributed by atoms with Gasteiger partial charge in [-0.25, -0.2) is 9.59 Å². The van der Waals surface area contributed by atoms with E-state index in [1.807, 2.05) is 52.1 Å². The Labute approximate surface area is 230 Å². The predicted octanol–water partition coefficient (Wildman–Crippen LogP) is 7.25. The van der Waals surface area contributed by atoms with E-state index in [-0.39, 0.29) is 18.3 Å². The van der Waals surface area contributed by atoms with E-state index in [9.17, 15) is 19.7 Å². The van der Waals surface area contributed by atoms with Gasteiger partial charge in [0.15, 0.2) is 0 Å². The number of alkyl carbamates (subject to hydrolysis) is 1. The lowest BCUT2D eigenvalue weighted by atomic mass is 9.83. The van der Waals surface area contributed by atoms with E-state index in [0.29, 0.717) is 11.3 Å². The Kier molecular flexibility index (Phi) is 10.4. The molecule has 0 aliphatic rings. The molecule has 0 saturated carbocycles. The number of carbonyl (C=O) groups is 2. The van der Waals surface area contributed by atoms with Gasteiger partial charge in [0.25, 0.3) is 0 Å². The van der Waals surface area contributed by atoms with Gasteiger partial charge in [0.05, 0.1) is 0 Å². The lowest BCUT2D eigenvalue weighted by Gasteiger charge is -2.32. The van der Waals surface area contributed by atoms with Crippen LogP contribution >= 0.6 is 11.8 Å². The first kappa shape index (κ1) is 31.1. The topological polar surface area (TPSA) is 108 Å². The van der Waals surface area contributed by atoms with Crippen LogP contribution in [-0.4, -0.2) is 34.4 Å². The van der Waals surface area contributed by atoms with Gasteiger partial charge in [-0.2, -0.15) is 0 Å². The number of benzene rings is 2. The third kappa shape index (κ3) is 7.07. The second kappa shape index (κ2) is 12.7. The zero-order valence-electron chi connectivity index (χ0n) is 23.8. The maximum Gasteiger partial charge on any atom is 0.408 e. The summed E-state index contributed by atoms with van der Waals surface area (Å²) >= 11 is 1.51. The van der Waals surface area contributed by atoms with Gasteiger partial charge in [0.1, 0.15) is 17.4 Å². The molecule has 0 fully saturated rings. The molecule has 0 aliphatic carbocycles. The molecule has 1 amide bonds. The van der Waals surface area contributed by atoms with E-state index in [4.69, 9.17) is 9.47 Å². The van der Waals surface area contributed by atoms with E-state index in [1.54, 1.807) is 52.0 Å². The van der Waals surface area contributed by atoms with Crippen LogP contribution < -0.4 is 10.1 Å². The molecular weight excluding hydrogens is 504 g/mol. The molecular formula is C29H40N2O6S. The monoisotopic (exact) mass is 544 g/mol. The quantitative estimate of drug-likeness (QED) is 0.110. The average Bonchev–Trinajstić information content (AvgIpc) is 2.82. The molecule has 0 heterocycles. The van der Waals surface area contributed by atoms with Crippen molar-refractivity contribution in [3.63, 3.8) is 0 Å². The summed E-state index contributed by atoms with van der Waals surface area (Å²) in [5.41, 5.74) is -1.22. The van der Waals surface area contributed by atoms with E-state index < -0.39 is 34.2 Å². The minimum absolute atomic E-state index is 0.0120. The SMILES string of the molecule is CC[C@@](C(=O)Oc1c(C(C)C)cccc1C(C)C)([C@H](NC(=O)OC(C)(C)C)c1ccc(SC)cc1)[N+](=O)[O-]. The fraction of sp³-hybridized carbons (Fsp3) is 0.517. The average molecular weight is 545 g/mol. The van der Waals surface area contributed by atoms with Crippen LogP contribution in [0, 0.1) is 10.1 Å². The molecule has 2 aromatic carbocycles. The number of nitro groups is 1. The largest absolute Gasteiger partial charge is 0.444 e. The highest BCUT2D eigenvalue weighted by atomic mass is 32.2. The van der Waals surface area contributed by atoms with E-state index in [1.165, 1.54) is 11.8 Å². The van der Waals surface area contributed by atoms with Crippen LogP contribution in [0.5, 0.6) is 5.75 Å². The molecule has 9 heteroatoms. The maximum absolute atomic E-state index is 14.0. The van der Waals surface area contributed by atoms with Crippen molar-refractivity contribution in [2.75, 3.05) is 6.26 Å². The van der Waals surface area contributed by atoms with Crippen molar-refractivity contribution in [1.29, 1.82) is 0 Å². The van der Waals surface area contributed by atoms with Crippen molar-refractivity contribution in [3.8, 4) is 5.75 Å². The number of hydrogen-bond donors (Lipinski definition) is 1. The van der Waals surface area contributed by atoms with E-state index in [0.717, 1.165) is 16.0 Å². The number of rotatable bonds is 10. The molecule has 0 saturated heterocycles. The van der Waals surface area contributed by atoms with Crippen LogP contribution in [-0.2, 0) is 9.53 Å². The second-order valence-electron chi connectivity index (χ2n) is 10.9. The van der Waals surface area contributed by atoms with Gasteiger partial charge >= 0.3 is 17.6 Å². The minimum atomic E-state index is -2.32. The third-order valence-corrected chi connectivity index (χ3v) is 7.06. The first-order chi connectivity index (χ1) is 17.7. The number of carbonyl (C=O) groups excluding carboxylic acids is 2. The van der Waals surface area contributed by atoms with Crippen LogP contribution in [0.2, 0.25) is 0 Å². The second-order valence-corrected chi connectivity index (χ2v) is 11.7. The maximum atomic E-state index is 14.0. The lowest BCUT2D eigenvalue weighted by Crippen LogP contribution is -2.58. The Morgan fingerprint density at radius 1 is 1.00 bits per heavy atom. The Balaban J connectivity index is 2.71. The van der Waals surface area contributed by atoms with Crippen LogP contribution in [0.25, 0.3) is 0 Å². The third-order valence-electron chi connectivity index (χ3n) is 6.32. The number of nitrogens with zero attached hydrogens (tertiary/aromatic N) is 1. The van der Waals surface area contributed by atoms with Gasteiger partial charge in [-0.1, -0.05) is 65.0 Å². The fourth-order valence-corrected chi connectivity index (χ4v) is 4.67. The Hall–Kier alpha value is -3.07. The first-order valence-electron chi connectivity index (χ1n) is 12.8. The van der Waals surface area contributed by atoms with Gasteiger partial charge < -0.3 is 14.8 Å². The van der Waals surface area contributed by atoms with E-state index >= 15 is 0 Å². The van der Waals surface area contributed by atoms with Crippen molar-refractivity contribution in [1.82, 2.24) is 5.32 Å². The molecule has 0 aromatic heterocycles. The van der Waals surface area contributed by atoms with Crippen molar-refractivity contribution in [2.24, 2.45) is 0 Å². The molecule has 2 atom stereocenters. The summed E-state index contributed by atoms with van der Waals surface area (Å²) in [5, 5.41) is 15.5. The molecule has 0 aliphatic heterocycles.